The van der Waals surface area contributed by atoms with E-state index < -0.39 is 5.79 Å². The van der Waals surface area contributed by atoms with Gasteiger partial charge in [0.25, 0.3) is 0 Å². The van der Waals surface area contributed by atoms with E-state index in [2.05, 4.69) is 69.1 Å². The van der Waals surface area contributed by atoms with Crippen LogP contribution in [0.1, 0.15) is 245 Å². The molecule has 396 valence electrons. The Balaban J connectivity index is 1.68. The van der Waals surface area contributed by atoms with Crippen LogP contribution in [0.5, 0.6) is 0 Å². The Hall–Kier alpha value is -2.27. The average Bonchev–Trinajstić information content (AvgIpc) is 3.66. The van der Waals surface area contributed by atoms with E-state index >= 15 is 0 Å². The minimum atomic E-state index is -0.778. The summed E-state index contributed by atoms with van der Waals surface area (Å²) in [4.78, 5) is 45.0. The van der Waals surface area contributed by atoms with Crippen molar-refractivity contribution in [2.45, 2.75) is 263 Å². The second-order valence-corrected chi connectivity index (χ2v) is 20.7. The fraction of sp³-hybridized carbons (Fsp3) is 0.879. The summed E-state index contributed by atoms with van der Waals surface area (Å²) in [5.74, 6) is -0.891. The van der Waals surface area contributed by atoms with Gasteiger partial charge in [-0.25, -0.2) is 0 Å². The van der Waals surface area contributed by atoms with E-state index in [-0.39, 0.29) is 43.3 Å². The minimum Gasteiger partial charge on any atom is -0.466 e. The van der Waals surface area contributed by atoms with Crippen LogP contribution in [0.4, 0.5) is 0 Å². The maximum atomic E-state index is 13.2. The first-order valence-electron chi connectivity index (χ1n) is 28.8. The third-order valence-electron chi connectivity index (χ3n) is 14.0. The van der Waals surface area contributed by atoms with Gasteiger partial charge in [-0.05, 0) is 98.3 Å². The van der Waals surface area contributed by atoms with Crippen LogP contribution in [0.15, 0.2) is 24.3 Å². The van der Waals surface area contributed by atoms with Gasteiger partial charge in [0.2, 0.25) is 5.91 Å². The first-order chi connectivity index (χ1) is 33.2. The molecule has 10 nitrogen and oxygen atoms in total. The number of ether oxygens (including phenoxy) is 4. The molecule has 2 saturated heterocycles. The quantitative estimate of drug-likeness (QED) is 0.0336. The van der Waals surface area contributed by atoms with E-state index in [4.69, 9.17) is 18.9 Å². The Morgan fingerprint density at radius 1 is 0.500 bits per heavy atom. The fourth-order valence-corrected chi connectivity index (χ4v) is 9.45. The maximum absolute atomic E-state index is 13.2. The molecule has 2 heterocycles. The van der Waals surface area contributed by atoms with Gasteiger partial charge in [0, 0.05) is 71.1 Å². The van der Waals surface area contributed by atoms with Crippen molar-refractivity contribution in [2.75, 3.05) is 67.1 Å². The molecule has 0 aliphatic carbocycles. The van der Waals surface area contributed by atoms with Crippen LogP contribution in [0.2, 0.25) is 0 Å². The van der Waals surface area contributed by atoms with E-state index in [9.17, 15) is 14.4 Å². The van der Waals surface area contributed by atoms with Gasteiger partial charge >= 0.3 is 11.9 Å². The molecule has 2 aliphatic rings. The number of rotatable bonds is 45. The summed E-state index contributed by atoms with van der Waals surface area (Å²) in [5.41, 5.74) is 0. The highest BCUT2D eigenvalue weighted by Gasteiger charge is 2.49. The molecule has 1 amide bonds. The molecule has 0 aromatic heterocycles. The van der Waals surface area contributed by atoms with Gasteiger partial charge in [0.05, 0.1) is 25.4 Å². The average molecular weight is 959 g/mol. The van der Waals surface area contributed by atoms with E-state index in [0.29, 0.717) is 58.0 Å². The second kappa shape index (κ2) is 42.4. The molecule has 0 radical (unpaired) electrons. The van der Waals surface area contributed by atoms with Crippen molar-refractivity contribution in [1.82, 2.24) is 14.7 Å². The van der Waals surface area contributed by atoms with Gasteiger partial charge in [0.15, 0.2) is 5.79 Å². The highest BCUT2D eigenvalue weighted by molar-refractivity contribution is 5.76. The summed E-state index contributed by atoms with van der Waals surface area (Å²) in [6.45, 7) is 9.15. The Morgan fingerprint density at radius 3 is 1.28 bits per heavy atom. The number of likely N-dealkylation sites (tertiary alicyclic amines) is 1. The predicted octanol–water partition coefficient (Wildman–Crippen LogP) is 14.1. The largest absolute Gasteiger partial charge is 0.466 e. The number of carbonyl (C=O) groups excluding carboxylic acids is 3. The van der Waals surface area contributed by atoms with Gasteiger partial charge in [0.1, 0.15) is 0 Å². The highest BCUT2D eigenvalue weighted by atomic mass is 16.8. The van der Waals surface area contributed by atoms with Crippen LogP contribution < -0.4 is 0 Å². The van der Waals surface area contributed by atoms with Gasteiger partial charge in [-0.3, -0.25) is 14.4 Å². The van der Waals surface area contributed by atoms with Crippen molar-refractivity contribution in [3.8, 4) is 0 Å². The number of amides is 1. The summed E-state index contributed by atoms with van der Waals surface area (Å²) in [5, 5.41) is 0. The fourth-order valence-electron chi connectivity index (χ4n) is 9.45. The lowest BCUT2D eigenvalue weighted by molar-refractivity contribution is -0.203. The van der Waals surface area contributed by atoms with Crippen molar-refractivity contribution in [3.05, 3.63) is 24.3 Å². The molecule has 2 unspecified atom stereocenters. The van der Waals surface area contributed by atoms with Gasteiger partial charge in [-0.15, -0.1) is 0 Å². The normalized spacial score (nSPS) is 17.2. The number of likely N-dealkylation sites (N-methyl/N-ethyl adjacent to an activating group) is 2. The molecule has 2 atom stereocenters. The number of hydrogen-bond donors (Lipinski definition) is 0. The predicted molar refractivity (Wildman–Crippen MR) is 283 cm³/mol. The van der Waals surface area contributed by atoms with E-state index in [1.165, 1.54) is 141 Å². The molecule has 0 bridgehead atoms. The monoisotopic (exact) mass is 958 g/mol. The number of esters is 2. The van der Waals surface area contributed by atoms with Crippen LogP contribution in [0, 0.1) is 0 Å². The lowest BCUT2D eigenvalue weighted by atomic mass is 10.0. The van der Waals surface area contributed by atoms with E-state index in [1.54, 1.807) is 0 Å². The van der Waals surface area contributed by atoms with Crippen molar-refractivity contribution < 1.29 is 33.3 Å². The number of allylic oxidation sites excluding steroid dienone is 4. The molecule has 1 spiro atoms. The van der Waals surface area contributed by atoms with Crippen LogP contribution >= 0.6 is 0 Å². The molecule has 2 fully saturated rings. The lowest BCUT2D eigenvalue weighted by Gasteiger charge is -2.38. The number of hydrogen-bond acceptors (Lipinski definition) is 9. The Labute approximate surface area is 418 Å². The van der Waals surface area contributed by atoms with Crippen LogP contribution in [-0.2, 0) is 33.3 Å². The number of carbonyl (C=O) groups is 3. The summed E-state index contributed by atoms with van der Waals surface area (Å²) >= 11 is 0. The summed E-state index contributed by atoms with van der Waals surface area (Å²) in [6, 6.07) is 0. The van der Waals surface area contributed by atoms with Crippen LogP contribution in [-0.4, -0.2) is 118 Å². The maximum Gasteiger partial charge on any atom is 0.305 e. The highest BCUT2D eigenvalue weighted by Crippen LogP contribution is 2.40. The lowest BCUT2D eigenvalue weighted by Crippen LogP contribution is -2.47. The first kappa shape index (κ1) is 61.8. The van der Waals surface area contributed by atoms with Gasteiger partial charge in [-0.1, -0.05) is 154 Å². The van der Waals surface area contributed by atoms with E-state index in [1.807, 2.05) is 4.90 Å². The Morgan fingerprint density at radius 2 is 0.882 bits per heavy atom. The summed E-state index contributed by atoms with van der Waals surface area (Å²) in [7, 11) is 6.27. The molecular weight excluding hydrogens is 851 g/mol. The van der Waals surface area contributed by atoms with Crippen molar-refractivity contribution >= 4 is 17.8 Å². The van der Waals surface area contributed by atoms with E-state index in [0.717, 1.165) is 64.6 Å². The first-order valence-corrected chi connectivity index (χ1v) is 28.8. The van der Waals surface area contributed by atoms with Gasteiger partial charge in [-0.2, -0.15) is 0 Å². The Bertz CT molecular complexity index is 1210. The zero-order valence-corrected chi connectivity index (χ0v) is 45.1. The summed E-state index contributed by atoms with van der Waals surface area (Å²) < 4.78 is 24.8. The second-order valence-electron chi connectivity index (χ2n) is 20.7. The molecule has 68 heavy (non-hydrogen) atoms. The molecule has 0 saturated carbocycles. The molecular formula is C58H107N3O7. The Kier molecular flexibility index (Phi) is 38.6. The molecule has 2 aliphatic heterocycles. The molecule has 2 rings (SSSR count). The smallest absolute Gasteiger partial charge is 0.305 e. The van der Waals surface area contributed by atoms with Gasteiger partial charge < -0.3 is 33.6 Å². The zero-order chi connectivity index (χ0) is 49.2. The standard InChI is InChI=1S/C58H107N3O7/c1-6-8-10-12-14-16-18-20-22-24-26-28-30-32-34-36-40-56(63)65-51-42-53-54(68-58(67-53)44-47-61(48-45-58)55(62)39-38-46-60(5)50-49-59(3)4)43-52-66-57(64)41-37-35-33-31-29-27-25-23-21-19-17-15-13-11-9-7-2/h20-23,53-54H,6-19,24-52H2,1-5H3/b22-20-,23-21-. The number of unbranched alkanes of at least 4 members (excludes halogenated alkanes) is 24. The molecule has 0 N–H and O–H groups in total. The molecule has 10 heteroatoms. The van der Waals surface area contributed by atoms with Crippen LogP contribution in [0.25, 0.3) is 0 Å². The SMILES string of the molecule is CCCCCCCC/C=C\CCCCCCCCC(=O)OCCC1OC2(CCN(C(=O)CCCN(C)CCN(C)C)CC2)OC1CCOC(=O)CCCCCCCC/C=C\CCCCCCCC. The van der Waals surface area contributed by atoms with Crippen molar-refractivity contribution in [2.24, 2.45) is 0 Å². The van der Waals surface area contributed by atoms with Crippen molar-refractivity contribution in [3.63, 3.8) is 0 Å². The molecule has 0 aromatic rings. The third-order valence-corrected chi connectivity index (χ3v) is 14.0. The minimum absolute atomic E-state index is 0.151. The summed E-state index contributed by atoms with van der Waals surface area (Å²) in [6.07, 6.45) is 48.1. The molecule has 0 aromatic carbocycles. The van der Waals surface area contributed by atoms with Crippen molar-refractivity contribution in [1.29, 1.82) is 0 Å². The zero-order valence-electron chi connectivity index (χ0n) is 45.1. The van der Waals surface area contributed by atoms with Crippen LogP contribution in [0.3, 0.4) is 0 Å². The number of nitrogens with zero attached hydrogens (tertiary/aromatic N) is 3. The topological polar surface area (TPSA) is 97.9 Å². The third kappa shape index (κ3) is 33.3. The number of piperidine rings is 1.